The molecule has 0 spiro atoms. The summed E-state index contributed by atoms with van der Waals surface area (Å²) in [5.74, 6) is 0.469. The minimum absolute atomic E-state index is 0.0604. The average Bonchev–Trinajstić information content (AvgIpc) is 2.30. The lowest BCUT2D eigenvalue weighted by Gasteiger charge is -2.40. The van der Waals surface area contributed by atoms with Gasteiger partial charge in [-0.15, -0.1) is 0 Å². The molecule has 1 saturated heterocycles. The van der Waals surface area contributed by atoms with Gasteiger partial charge in [-0.2, -0.15) is 0 Å². The fraction of sp³-hybridized carbons (Fsp3) is 0.923. The van der Waals surface area contributed by atoms with Crippen LogP contribution in [-0.2, 0) is 4.79 Å². The fourth-order valence-electron chi connectivity index (χ4n) is 2.31. The van der Waals surface area contributed by atoms with Crippen LogP contribution in [-0.4, -0.2) is 67.6 Å². The van der Waals surface area contributed by atoms with Gasteiger partial charge in [-0.1, -0.05) is 13.8 Å². The van der Waals surface area contributed by atoms with E-state index in [1.165, 1.54) is 0 Å². The summed E-state index contributed by atoms with van der Waals surface area (Å²) in [4.78, 5) is 16.4. The zero-order chi connectivity index (χ0) is 13.7. The van der Waals surface area contributed by atoms with Crippen LogP contribution in [0.15, 0.2) is 0 Å². The van der Waals surface area contributed by atoms with Crippen molar-refractivity contribution in [1.29, 1.82) is 0 Å². The predicted molar refractivity (Wildman–Crippen MR) is 74.4 cm³/mol. The van der Waals surface area contributed by atoms with Crippen molar-refractivity contribution in [3.63, 3.8) is 0 Å². The summed E-state index contributed by atoms with van der Waals surface area (Å²) >= 11 is 0. The van der Waals surface area contributed by atoms with Crippen LogP contribution >= 0.6 is 0 Å². The van der Waals surface area contributed by atoms with Gasteiger partial charge < -0.3 is 16.0 Å². The Kier molecular flexibility index (Phi) is 6.05. The summed E-state index contributed by atoms with van der Waals surface area (Å²) in [6.07, 6.45) is 0. The van der Waals surface area contributed by atoms with E-state index in [0.29, 0.717) is 18.5 Å². The average molecular weight is 256 g/mol. The van der Waals surface area contributed by atoms with E-state index < -0.39 is 6.04 Å². The Bertz CT molecular complexity index is 260. The number of likely N-dealkylation sites (N-methyl/N-ethyl adjacent to an activating group) is 1. The number of carbonyl (C=O) groups excluding carboxylic acids is 1. The number of nitrogens with one attached hydrogen (secondary N) is 1. The minimum Gasteiger partial charge on any atom is -0.353 e. The molecule has 1 fully saturated rings. The van der Waals surface area contributed by atoms with E-state index in [0.717, 1.165) is 26.2 Å². The number of hydrogen-bond acceptors (Lipinski definition) is 4. The lowest BCUT2D eigenvalue weighted by atomic mass is 10.0. The van der Waals surface area contributed by atoms with E-state index in [4.69, 9.17) is 5.73 Å². The predicted octanol–water partition coefficient (Wildman–Crippen LogP) is -0.278. The van der Waals surface area contributed by atoms with Crippen molar-refractivity contribution < 1.29 is 4.79 Å². The van der Waals surface area contributed by atoms with Gasteiger partial charge in [-0.25, -0.2) is 0 Å². The molecule has 2 atom stereocenters. The molecule has 0 aromatic rings. The molecule has 0 aromatic heterocycles. The molecule has 5 heteroatoms. The van der Waals surface area contributed by atoms with E-state index in [1.54, 1.807) is 6.92 Å². The van der Waals surface area contributed by atoms with Gasteiger partial charge in [0.2, 0.25) is 5.91 Å². The second-order valence-electron chi connectivity index (χ2n) is 5.68. The van der Waals surface area contributed by atoms with Gasteiger partial charge in [0.05, 0.1) is 6.04 Å². The molecule has 1 heterocycles. The summed E-state index contributed by atoms with van der Waals surface area (Å²) in [7, 11) is 2.15. The Balaban J connectivity index is 2.47. The third-order valence-corrected chi connectivity index (χ3v) is 3.68. The molecule has 18 heavy (non-hydrogen) atoms. The smallest absolute Gasteiger partial charge is 0.236 e. The second-order valence-corrected chi connectivity index (χ2v) is 5.68. The van der Waals surface area contributed by atoms with Crippen molar-refractivity contribution in [1.82, 2.24) is 15.1 Å². The fourth-order valence-corrected chi connectivity index (χ4v) is 2.31. The van der Waals surface area contributed by atoms with Crippen LogP contribution in [0.2, 0.25) is 0 Å². The highest BCUT2D eigenvalue weighted by Crippen LogP contribution is 2.12. The molecule has 3 N–H and O–H groups in total. The molecule has 1 aliphatic rings. The van der Waals surface area contributed by atoms with E-state index in [2.05, 4.69) is 36.0 Å². The highest BCUT2D eigenvalue weighted by molar-refractivity contribution is 5.80. The summed E-state index contributed by atoms with van der Waals surface area (Å²) < 4.78 is 0. The maximum atomic E-state index is 11.5. The highest BCUT2D eigenvalue weighted by atomic mass is 16.2. The molecule has 1 aliphatic heterocycles. The standard InChI is InChI=1S/C13H28N4O/c1-10(2)12(9-15-13(18)11(3)14)17-7-5-16(4)6-8-17/h10-12H,5-9,14H2,1-4H3,(H,15,18). The van der Waals surface area contributed by atoms with Crippen molar-refractivity contribution in [2.45, 2.75) is 32.9 Å². The Hall–Kier alpha value is -0.650. The van der Waals surface area contributed by atoms with Crippen LogP contribution in [0.5, 0.6) is 0 Å². The van der Waals surface area contributed by atoms with Gasteiger partial charge in [-0.05, 0) is 19.9 Å². The first-order chi connectivity index (χ1) is 8.41. The Morgan fingerprint density at radius 1 is 1.22 bits per heavy atom. The number of nitrogens with two attached hydrogens (primary N) is 1. The third-order valence-electron chi connectivity index (χ3n) is 3.68. The molecule has 0 saturated carbocycles. The molecule has 2 unspecified atom stereocenters. The van der Waals surface area contributed by atoms with E-state index in [1.807, 2.05) is 0 Å². The lowest BCUT2D eigenvalue weighted by molar-refractivity contribution is -0.122. The van der Waals surface area contributed by atoms with Crippen LogP contribution in [0, 0.1) is 5.92 Å². The number of carbonyl (C=O) groups is 1. The number of amides is 1. The third kappa shape index (κ3) is 4.55. The van der Waals surface area contributed by atoms with E-state index in [-0.39, 0.29) is 5.91 Å². The first kappa shape index (κ1) is 15.4. The Labute approximate surface area is 111 Å². The van der Waals surface area contributed by atoms with Crippen LogP contribution in [0.25, 0.3) is 0 Å². The van der Waals surface area contributed by atoms with Crippen molar-refractivity contribution in [2.24, 2.45) is 11.7 Å². The number of rotatable bonds is 5. The van der Waals surface area contributed by atoms with Gasteiger partial charge in [0.1, 0.15) is 0 Å². The molecular formula is C13H28N4O. The minimum atomic E-state index is -0.426. The van der Waals surface area contributed by atoms with Crippen LogP contribution in [0.1, 0.15) is 20.8 Å². The SMILES string of the molecule is CC(N)C(=O)NCC(C(C)C)N1CCN(C)CC1. The summed E-state index contributed by atoms with van der Waals surface area (Å²) in [6, 6.07) is -0.0216. The first-order valence-electron chi connectivity index (χ1n) is 6.87. The van der Waals surface area contributed by atoms with Crippen molar-refractivity contribution in [2.75, 3.05) is 39.8 Å². The zero-order valence-electron chi connectivity index (χ0n) is 12.1. The normalized spacial score (nSPS) is 21.9. The second kappa shape index (κ2) is 7.07. The van der Waals surface area contributed by atoms with E-state index >= 15 is 0 Å². The summed E-state index contributed by atoms with van der Waals surface area (Å²) in [5.41, 5.74) is 5.56. The van der Waals surface area contributed by atoms with Crippen LogP contribution < -0.4 is 11.1 Å². The van der Waals surface area contributed by atoms with Gasteiger partial charge >= 0.3 is 0 Å². The maximum absolute atomic E-state index is 11.5. The first-order valence-corrected chi connectivity index (χ1v) is 6.87. The largest absolute Gasteiger partial charge is 0.353 e. The summed E-state index contributed by atoms with van der Waals surface area (Å²) in [5, 5.41) is 2.95. The van der Waals surface area contributed by atoms with Gasteiger partial charge in [0, 0.05) is 38.8 Å². The lowest BCUT2D eigenvalue weighted by Crippen LogP contribution is -2.55. The van der Waals surface area contributed by atoms with Crippen molar-refractivity contribution in [3.8, 4) is 0 Å². The number of hydrogen-bond donors (Lipinski definition) is 2. The maximum Gasteiger partial charge on any atom is 0.236 e. The molecule has 1 rings (SSSR count). The zero-order valence-corrected chi connectivity index (χ0v) is 12.1. The van der Waals surface area contributed by atoms with Crippen molar-refractivity contribution in [3.05, 3.63) is 0 Å². The van der Waals surface area contributed by atoms with Gasteiger partial charge in [0.25, 0.3) is 0 Å². The quantitative estimate of drug-likeness (QED) is 0.710. The summed E-state index contributed by atoms with van der Waals surface area (Å²) in [6.45, 7) is 11.2. The molecule has 0 aliphatic carbocycles. The van der Waals surface area contributed by atoms with Crippen LogP contribution in [0.3, 0.4) is 0 Å². The van der Waals surface area contributed by atoms with Crippen LogP contribution in [0.4, 0.5) is 0 Å². The van der Waals surface area contributed by atoms with Gasteiger partial charge in [-0.3, -0.25) is 9.69 Å². The molecule has 0 aromatic carbocycles. The number of nitrogens with zero attached hydrogens (tertiary/aromatic N) is 2. The Morgan fingerprint density at radius 3 is 2.22 bits per heavy atom. The topological polar surface area (TPSA) is 61.6 Å². The molecule has 0 radical (unpaired) electrons. The van der Waals surface area contributed by atoms with Crippen molar-refractivity contribution >= 4 is 5.91 Å². The number of piperazine rings is 1. The Morgan fingerprint density at radius 2 is 1.78 bits per heavy atom. The highest BCUT2D eigenvalue weighted by Gasteiger charge is 2.25. The molecule has 106 valence electrons. The monoisotopic (exact) mass is 256 g/mol. The molecule has 5 nitrogen and oxygen atoms in total. The molecular weight excluding hydrogens is 228 g/mol. The molecule has 1 amide bonds. The van der Waals surface area contributed by atoms with Gasteiger partial charge in [0.15, 0.2) is 0 Å². The molecule has 0 bridgehead atoms. The van der Waals surface area contributed by atoms with E-state index in [9.17, 15) is 4.79 Å².